The van der Waals surface area contributed by atoms with Gasteiger partial charge in [-0.15, -0.1) is 11.8 Å². The van der Waals surface area contributed by atoms with Gasteiger partial charge in [-0.25, -0.2) is 4.79 Å². The lowest BCUT2D eigenvalue weighted by molar-refractivity contribution is -0.156. The van der Waals surface area contributed by atoms with Gasteiger partial charge in [-0.2, -0.15) is 0 Å². The lowest BCUT2D eigenvalue weighted by Crippen LogP contribution is -2.54. The zero-order chi connectivity index (χ0) is 40.5. The third-order valence-corrected chi connectivity index (χ3v) is 11.4. The standard InChI is InChI=1S/C38H46N8O9S/c1-20-10-8-9-13-25(20)16-40-35(51)28-19-56-36(42-28)32(48)31(47)27(14-24-11-6-5-7-12-24)41-34(50)22(3)23(4)37(52)54-18-29-26(44-45-39)15-30(55-29)46-17-21(2)33(49)43-38(46)53/h5-13,17,22-23,26-31,36,42,47H,14-16,18-19H2,1-4H3,(H,40,51)(H,41,50)(H,43,49,53)/t22?,23?,26-,27-,28-,29+,30+,31-,36?/m0/s1. The number of nitrogens with zero attached hydrogens (tertiary/aromatic N) is 4. The van der Waals surface area contributed by atoms with Crippen LogP contribution in [0.25, 0.3) is 10.4 Å². The van der Waals surface area contributed by atoms with E-state index < -0.39 is 82.7 Å². The molecule has 0 aliphatic carbocycles. The summed E-state index contributed by atoms with van der Waals surface area (Å²) in [5.41, 5.74) is 10.9. The fourth-order valence-electron chi connectivity index (χ4n) is 6.43. The highest BCUT2D eigenvalue weighted by molar-refractivity contribution is 8.00. The van der Waals surface area contributed by atoms with Gasteiger partial charge in [0.15, 0.2) is 5.78 Å². The number of aromatic amines is 1. The molecule has 0 saturated carbocycles. The minimum Gasteiger partial charge on any atom is -0.463 e. The number of carbonyl (C=O) groups is 4. The van der Waals surface area contributed by atoms with Crippen LogP contribution in [0.2, 0.25) is 0 Å². The quantitative estimate of drug-likeness (QED) is 0.0607. The van der Waals surface area contributed by atoms with E-state index in [-0.39, 0.29) is 30.9 Å². The fraction of sp³-hybridized carbons (Fsp3) is 0.474. The molecule has 18 heteroatoms. The third kappa shape index (κ3) is 10.3. The van der Waals surface area contributed by atoms with Crippen LogP contribution >= 0.6 is 11.8 Å². The number of hydrogen-bond acceptors (Lipinski definition) is 12. The maximum Gasteiger partial charge on any atom is 0.330 e. The largest absolute Gasteiger partial charge is 0.463 e. The number of ether oxygens (including phenoxy) is 2. The van der Waals surface area contributed by atoms with E-state index >= 15 is 0 Å². The molecule has 3 unspecified atom stereocenters. The maximum absolute atomic E-state index is 13.6. The molecule has 298 valence electrons. The first-order valence-electron chi connectivity index (χ1n) is 18.2. The van der Waals surface area contributed by atoms with Crippen LogP contribution in [0.5, 0.6) is 0 Å². The van der Waals surface area contributed by atoms with Crippen molar-refractivity contribution < 1.29 is 33.8 Å². The number of aryl methyl sites for hydroxylation is 2. The molecule has 17 nitrogen and oxygen atoms in total. The van der Waals surface area contributed by atoms with Gasteiger partial charge in [0, 0.05) is 41.3 Å². The summed E-state index contributed by atoms with van der Waals surface area (Å²) >= 11 is 1.19. The number of esters is 1. The van der Waals surface area contributed by atoms with Crippen LogP contribution < -0.4 is 27.2 Å². The van der Waals surface area contributed by atoms with Crippen LogP contribution in [0.4, 0.5) is 0 Å². The smallest absolute Gasteiger partial charge is 0.330 e. The van der Waals surface area contributed by atoms with Crippen molar-refractivity contribution in [3.05, 3.63) is 114 Å². The monoisotopic (exact) mass is 790 g/mol. The van der Waals surface area contributed by atoms with Crippen LogP contribution in [-0.4, -0.2) is 86.3 Å². The molecule has 2 fully saturated rings. The van der Waals surface area contributed by atoms with Gasteiger partial charge in [-0.05, 0) is 42.5 Å². The molecule has 3 heterocycles. The number of benzene rings is 2. The van der Waals surface area contributed by atoms with Crippen molar-refractivity contribution in [2.45, 2.75) is 89.0 Å². The fourth-order valence-corrected chi connectivity index (χ4v) is 7.63. The van der Waals surface area contributed by atoms with Crippen molar-refractivity contribution in [1.82, 2.24) is 25.5 Å². The number of hydrogen-bond donors (Lipinski definition) is 5. The number of rotatable bonds is 16. The van der Waals surface area contributed by atoms with Gasteiger partial charge < -0.3 is 25.2 Å². The predicted molar refractivity (Wildman–Crippen MR) is 206 cm³/mol. The minimum atomic E-state index is -1.66. The Balaban J connectivity index is 1.19. The van der Waals surface area contributed by atoms with Crippen LogP contribution in [0, 0.1) is 25.7 Å². The molecule has 3 aromatic rings. The number of thioether (sulfide) groups is 1. The zero-order valence-corrected chi connectivity index (χ0v) is 32.2. The van der Waals surface area contributed by atoms with Crippen molar-refractivity contribution in [2.24, 2.45) is 17.0 Å². The minimum absolute atomic E-state index is 0.0760. The highest BCUT2D eigenvalue weighted by Gasteiger charge is 2.41. The molecule has 1 aromatic heterocycles. The van der Waals surface area contributed by atoms with Crippen molar-refractivity contribution >= 4 is 35.3 Å². The first-order valence-corrected chi connectivity index (χ1v) is 19.3. The highest BCUT2D eigenvalue weighted by atomic mass is 32.2. The first kappa shape index (κ1) is 41.9. The van der Waals surface area contributed by atoms with Gasteiger partial charge >= 0.3 is 11.7 Å². The number of Topliss-reactive ketones (excluding diaryl/α,β-unsaturated/α-hetero) is 1. The average molecular weight is 791 g/mol. The van der Waals surface area contributed by atoms with Crippen molar-refractivity contribution in [2.75, 3.05) is 12.4 Å². The zero-order valence-electron chi connectivity index (χ0n) is 31.4. The Morgan fingerprint density at radius 3 is 2.50 bits per heavy atom. The van der Waals surface area contributed by atoms with Crippen LogP contribution in [0.1, 0.15) is 48.8 Å². The average Bonchev–Trinajstić information content (AvgIpc) is 3.85. The Labute approximate surface area is 326 Å². The molecule has 2 amide bonds. The first-order chi connectivity index (χ1) is 26.8. The lowest BCUT2D eigenvalue weighted by Gasteiger charge is -2.28. The number of azide groups is 1. The summed E-state index contributed by atoms with van der Waals surface area (Å²) < 4.78 is 12.6. The summed E-state index contributed by atoms with van der Waals surface area (Å²) in [6, 6.07) is 14.1. The van der Waals surface area contributed by atoms with Crippen LogP contribution in [0.15, 0.2) is 75.5 Å². The van der Waals surface area contributed by atoms with Crippen molar-refractivity contribution in [3.63, 3.8) is 0 Å². The van der Waals surface area contributed by atoms with E-state index in [1.807, 2.05) is 37.3 Å². The van der Waals surface area contributed by atoms with Gasteiger partial charge in [0.25, 0.3) is 5.56 Å². The molecule has 0 radical (unpaired) electrons. The van der Waals surface area contributed by atoms with E-state index in [0.717, 1.165) is 16.7 Å². The van der Waals surface area contributed by atoms with Gasteiger partial charge in [0.2, 0.25) is 11.8 Å². The summed E-state index contributed by atoms with van der Waals surface area (Å²) in [5.74, 6) is -3.92. The van der Waals surface area contributed by atoms with Gasteiger partial charge in [0.05, 0.1) is 24.0 Å². The molecule has 2 aliphatic rings. The van der Waals surface area contributed by atoms with Crippen LogP contribution in [-0.2, 0) is 41.6 Å². The number of ketones is 1. The molecule has 56 heavy (non-hydrogen) atoms. The molecule has 2 aliphatic heterocycles. The number of aliphatic hydroxyl groups excluding tert-OH is 1. The SMILES string of the molecule is Cc1ccccc1CNC(=O)[C@@H]1CSC(C(=O)[C@@H](O)[C@H](Cc2ccccc2)NC(=O)C(C)C(C)C(=O)OC[C@H]2O[C@@H](n3cc(C)c(=O)[nH]c3=O)C[C@@H]2N=[N+]=[N-])N1. The Morgan fingerprint density at radius 1 is 1.07 bits per heavy atom. The van der Waals surface area contributed by atoms with E-state index in [0.29, 0.717) is 12.3 Å². The molecule has 0 spiro atoms. The topological polar surface area (TPSA) is 247 Å². The van der Waals surface area contributed by atoms with E-state index in [1.165, 1.54) is 43.3 Å². The Hall–Kier alpha value is -5.26. The summed E-state index contributed by atoms with van der Waals surface area (Å²) in [4.78, 5) is 82.7. The maximum atomic E-state index is 13.6. The van der Waals surface area contributed by atoms with E-state index in [2.05, 4.69) is 31.0 Å². The molecule has 0 bridgehead atoms. The van der Waals surface area contributed by atoms with Crippen LogP contribution in [0.3, 0.4) is 0 Å². The van der Waals surface area contributed by atoms with E-state index in [4.69, 9.17) is 15.0 Å². The molecular weight excluding hydrogens is 745 g/mol. The molecule has 2 aromatic carbocycles. The van der Waals surface area contributed by atoms with E-state index in [1.54, 1.807) is 24.3 Å². The second kappa shape index (κ2) is 19.1. The lowest BCUT2D eigenvalue weighted by atomic mass is 9.93. The molecule has 9 atom stereocenters. The van der Waals surface area contributed by atoms with Crippen molar-refractivity contribution in [1.29, 1.82) is 0 Å². The van der Waals surface area contributed by atoms with Crippen molar-refractivity contribution in [3.8, 4) is 0 Å². The second-order valence-corrected chi connectivity index (χ2v) is 15.2. The van der Waals surface area contributed by atoms with Gasteiger partial charge in [0.1, 0.15) is 30.4 Å². The summed E-state index contributed by atoms with van der Waals surface area (Å²) in [6.45, 7) is 6.46. The number of aliphatic hydroxyl groups is 1. The third-order valence-electron chi connectivity index (χ3n) is 10.2. The molecule has 2 saturated heterocycles. The number of nitrogens with one attached hydrogen (secondary N) is 4. The molecule has 5 rings (SSSR count). The number of H-pyrrole nitrogens is 1. The summed E-state index contributed by atoms with van der Waals surface area (Å²) in [7, 11) is 0. The van der Waals surface area contributed by atoms with Gasteiger partial charge in [-0.1, -0.05) is 73.6 Å². The highest BCUT2D eigenvalue weighted by Crippen LogP contribution is 2.31. The predicted octanol–water partition coefficient (Wildman–Crippen LogP) is 1.94. The Kier molecular flexibility index (Phi) is 14.3. The number of amides is 2. The Morgan fingerprint density at radius 2 is 1.79 bits per heavy atom. The normalized spacial score (nSPS) is 22.6. The Bertz CT molecular complexity index is 2070. The number of aromatic nitrogens is 2. The molecular formula is C38H46N8O9S. The van der Waals surface area contributed by atoms with Gasteiger partial charge in [-0.3, -0.25) is 38.8 Å². The molecule has 5 N–H and O–H groups in total. The van der Waals surface area contributed by atoms with E-state index in [9.17, 15) is 33.9 Å². The number of carbonyl (C=O) groups excluding carboxylic acids is 4. The summed E-state index contributed by atoms with van der Waals surface area (Å²) in [5, 5.41) is 22.9. The summed E-state index contributed by atoms with van der Waals surface area (Å²) in [6.07, 6.45) is -1.98. The second-order valence-electron chi connectivity index (χ2n) is 14.1.